The Morgan fingerprint density at radius 2 is 2.00 bits per heavy atom. The van der Waals surface area contributed by atoms with E-state index in [9.17, 15) is 4.79 Å². The molecule has 2 aromatic carbocycles. The molecule has 0 radical (unpaired) electrons. The third kappa shape index (κ3) is 4.25. The van der Waals surface area contributed by atoms with E-state index >= 15 is 0 Å². The van der Waals surface area contributed by atoms with Gasteiger partial charge in [-0.2, -0.15) is 5.21 Å². The van der Waals surface area contributed by atoms with Crippen LogP contribution in [-0.2, 0) is 11.3 Å². The van der Waals surface area contributed by atoms with E-state index in [0.29, 0.717) is 30.4 Å². The molecule has 0 bridgehead atoms. The topological polar surface area (TPSA) is 112 Å². The van der Waals surface area contributed by atoms with Gasteiger partial charge >= 0.3 is 5.97 Å². The van der Waals surface area contributed by atoms with Crippen molar-refractivity contribution in [3.63, 3.8) is 0 Å². The molecule has 5 aromatic rings. The molecule has 0 saturated heterocycles. The van der Waals surface area contributed by atoms with Crippen molar-refractivity contribution >= 4 is 32.9 Å². The van der Waals surface area contributed by atoms with Crippen molar-refractivity contribution in [2.45, 2.75) is 33.2 Å². The maximum atomic E-state index is 12.7. The van der Waals surface area contributed by atoms with Crippen LogP contribution in [-0.4, -0.2) is 42.8 Å². The van der Waals surface area contributed by atoms with E-state index in [1.807, 2.05) is 60.9 Å². The van der Waals surface area contributed by atoms with Crippen molar-refractivity contribution < 1.29 is 13.9 Å². The summed E-state index contributed by atoms with van der Waals surface area (Å²) in [6.45, 7) is 6.60. The Kier molecular flexibility index (Phi) is 6.21. The van der Waals surface area contributed by atoms with Gasteiger partial charge < -0.3 is 13.7 Å². The first-order valence-electron chi connectivity index (χ1n) is 11.2. The number of nitrogens with zero attached hydrogens (tertiary/aromatic N) is 5. The van der Waals surface area contributed by atoms with Gasteiger partial charge in [-0.3, -0.25) is 0 Å². The molecule has 1 N–H and O–H groups in total. The average Bonchev–Trinajstić information content (AvgIpc) is 3.59. The zero-order chi connectivity index (χ0) is 24.5. The Morgan fingerprint density at radius 1 is 1.20 bits per heavy atom. The van der Waals surface area contributed by atoms with E-state index < -0.39 is 0 Å². The lowest BCUT2D eigenvalue weighted by molar-refractivity contribution is 0.0512. The number of ether oxygens (including phenoxy) is 1. The SMILES string of the molecule is CCOC(=O)c1c(C(C)C)ncn1Cc1ccc2oc(-c3ccccc3-c3nn[nH]n3)c(Br)c2c1. The van der Waals surface area contributed by atoms with Gasteiger partial charge in [-0.25, -0.2) is 9.78 Å². The number of H-pyrrole nitrogens is 1. The Labute approximate surface area is 209 Å². The van der Waals surface area contributed by atoms with Crippen LogP contribution in [0, 0.1) is 0 Å². The molecule has 0 amide bonds. The molecule has 0 unspecified atom stereocenters. The van der Waals surface area contributed by atoms with Crippen molar-refractivity contribution in [1.82, 2.24) is 30.2 Å². The molecule has 5 rings (SSSR count). The van der Waals surface area contributed by atoms with Crippen molar-refractivity contribution in [3.05, 3.63) is 70.2 Å². The number of carbonyl (C=O) groups is 1. The van der Waals surface area contributed by atoms with Crippen LogP contribution < -0.4 is 0 Å². The lowest BCUT2D eigenvalue weighted by atomic mass is 10.0. The standard InChI is InChI=1S/C25H23BrN6O3/c1-4-34-25(33)22-21(14(2)3)27-13-32(22)12-15-9-10-19-18(11-15)20(26)23(35-19)16-7-5-6-8-17(16)24-28-30-31-29-24/h5-11,13-14H,4,12H2,1-3H3,(H,28,29,30,31). The average molecular weight is 535 g/mol. The number of tetrazole rings is 1. The van der Waals surface area contributed by atoms with Gasteiger partial charge in [0.05, 0.1) is 23.1 Å². The second-order valence-electron chi connectivity index (χ2n) is 8.34. The number of fused-ring (bicyclic) bond motifs is 1. The molecule has 0 atom stereocenters. The molecule has 0 spiro atoms. The number of rotatable bonds is 7. The van der Waals surface area contributed by atoms with Gasteiger partial charge in [0, 0.05) is 23.1 Å². The van der Waals surface area contributed by atoms with E-state index in [1.165, 1.54) is 0 Å². The highest BCUT2D eigenvalue weighted by molar-refractivity contribution is 9.10. The van der Waals surface area contributed by atoms with Crippen LogP contribution in [0.5, 0.6) is 0 Å². The predicted octanol–water partition coefficient (Wildman–Crippen LogP) is 5.59. The van der Waals surface area contributed by atoms with E-state index in [0.717, 1.165) is 37.8 Å². The highest BCUT2D eigenvalue weighted by Crippen LogP contribution is 2.41. The minimum atomic E-state index is -0.361. The lowest BCUT2D eigenvalue weighted by Gasteiger charge is -2.11. The summed E-state index contributed by atoms with van der Waals surface area (Å²) in [6.07, 6.45) is 1.70. The Hall–Kier alpha value is -3.79. The molecule has 178 valence electrons. The summed E-state index contributed by atoms with van der Waals surface area (Å²) in [6, 6.07) is 13.7. The monoisotopic (exact) mass is 534 g/mol. The number of imidazole rings is 1. The third-order valence-corrected chi connectivity index (χ3v) is 6.47. The number of carbonyl (C=O) groups excluding carboxylic acids is 1. The predicted molar refractivity (Wildman–Crippen MR) is 134 cm³/mol. The summed E-state index contributed by atoms with van der Waals surface area (Å²) in [4.78, 5) is 17.2. The van der Waals surface area contributed by atoms with Crippen LogP contribution >= 0.6 is 15.9 Å². The maximum Gasteiger partial charge on any atom is 0.356 e. The van der Waals surface area contributed by atoms with Gasteiger partial charge in [0.1, 0.15) is 11.3 Å². The maximum absolute atomic E-state index is 12.7. The molecule has 0 fully saturated rings. The number of hydrogen-bond acceptors (Lipinski definition) is 7. The van der Waals surface area contributed by atoms with Crippen LogP contribution in [0.15, 0.2) is 57.7 Å². The van der Waals surface area contributed by atoms with Gasteiger partial charge in [-0.05, 0) is 51.7 Å². The fraction of sp³-hybridized carbons (Fsp3) is 0.240. The zero-order valence-electron chi connectivity index (χ0n) is 19.4. The van der Waals surface area contributed by atoms with E-state index in [-0.39, 0.29) is 11.9 Å². The molecule has 0 saturated carbocycles. The van der Waals surface area contributed by atoms with Crippen LogP contribution in [0.25, 0.3) is 33.7 Å². The molecule has 3 heterocycles. The normalized spacial score (nSPS) is 11.5. The minimum absolute atomic E-state index is 0.1000. The molecule has 10 heteroatoms. The Balaban J connectivity index is 1.54. The number of benzene rings is 2. The molecular weight excluding hydrogens is 512 g/mol. The summed E-state index contributed by atoms with van der Waals surface area (Å²) in [5.74, 6) is 0.901. The van der Waals surface area contributed by atoms with E-state index in [1.54, 1.807) is 13.3 Å². The first-order valence-corrected chi connectivity index (χ1v) is 12.0. The van der Waals surface area contributed by atoms with Crippen molar-refractivity contribution in [2.24, 2.45) is 0 Å². The van der Waals surface area contributed by atoms with Gasteiger partial charge in [0.2, 0.25) is 5.82 Å². The summed E-state index contributed by atoms with van der Waals surface area (Å²) >= 11 is 3.74. The highest BCUT2D eigenvalue weighted by atomic mass is 79.9. The van der Waals surface area contributed by atoms with Gasteiger partial charge in [0.25, 0.3) is 0 Å². The number of aromatic nitrogens is 6. The molecule has 0 aliphatic carbocycles. The number of esters is 1. The number of aromatic amines is 1. The Morgan fingerprint density at radius 3 is 2.71 bits per heavy atom. The molecule has 9 nitrogen and oxygen atoms in total. The Bertz CT molecular complexity index is 1500. The highest BCUT2D eigenvalue weighted by Gasteiger charge is 2.23. The first-order chi connectivity index (χ1) is 17.0. The fourth-order valence-electron chi connectivity index (χ4n) is 4.10. The van der Waals surface area contributed by atoms with Crippen LogP contribution in [0.2, 0.25) is 0 Å². The molecule has 0 aliphatic rings. The van der Waals surface area contributed by atoms with Crippen LogP contribution in [0.4, 0.5) is 0 Å². The quantitative estimate of drug-likeness (QED) is 0.271. The van der Waals surface area contributed by atoms with Crippen LogP contribution in [0.1, 0.15) is 48.4 Å². The first kappa shape index (κ1) is 23.0. The molecule has 3 aromatic heterocycles. The third-order valence-electron chi connectivity index (χ3n) is 5.68. The summed E-state index contributed by atoms with van der Waals surface area (Å²) in [7, 11) is 0. The van der Waals surface area contributed by atoms with Gasteiger partial charge in [0.15, 0.2) is 5.69 Å². The molecular formula is C25H23BrN6O3. The van der Waals surface area contributed by atoms with Gasteiger partial charge in [-0.15, -0.1) is 10.2 Å². The second kappa shape index (κ2) is 9.46. The van der Waals surface area contributed by atoms with Crippen molar-refractivity contribution in [3.8, 4) is 22.7 Å². The summed E-state index contributed by atoms with van der Waals surface area (Å²) < 4.78 is 14.2. The molecule has 0 aliphatic heterocycles. The van der Waals surface area contributed by atoms with Gasteiger partial charge in [-0.1, -0.05) is 44.2 Å². The number of furan rings is 1. The summed E-state index contributed by atoms with van der Waals surface area (Å²) in [5, 5.41) is 15.3. The largest absolute Gasteiger partial charge is 0.461 e. The smallest absolute Gasteiger partial charge is 0.356 e. The van der Waals surface area contributed by atoms with E-state index in [4.69, 9.17) is 9.15 Å². The number of nitrogens with one attached hydrogen (secondary N) is 1. The van der Waals surface area contributed by atoms with Crippen molar-refractivity contribution in [2.75, 3.05) is 6.61 Å². The van der Waals surface area contributed by atoms with Crippen LogP contribution in [0.3, 0.4) is 0 Å². The zero-order valence-corrected chi connectivity index (χ0v) is 21.0. The number of halogens is 1. The molecule has 35 heavy (non-hydrogen) atoms. The second-order valence-corrected chi connectivity index (χ2v) is 9.13. The van der Waals surface area contributed by atoms with E-state index in [2.05, 4.69) is 41.5 Å². The fourth-order valence-corrected chi connectivity index (χ4v) is 4.70. The summed E-state index contributed by atoms with van der Waals surface area (Å²) in [5.41, 5.74) is 4.60. The minimum Gasteiger partial charge on any atom is -0.461 e. The van der Waals surface area contributed by atoms with Crippen molar-refractivity contribution in [1.29, 1.82) is 0 Å². The number of hydrogen-bond donors (Lipinski definition) is 1. The lowest BCUT2D eigenvalue weighted by Crippen LogP contribution is -2.15.